The zero-order valence-electron chi connectivity index (χ0n) is 14.7. The Kier molecular flexibility index (Phi) is 5.77. The van der Waals surface area contributed by atoms with E-state index in [2.05, 4.69) is 20.1 Å². The van der Waals surface area contributed by atoms with Gasteiger partial charge in [-0.3, -0.25) is 9.89 Å². The van der Waals surface area contributed by atoms with Crippen LogP contribution in [-0.2, 0) is 9.47 Å². The molecule has 3 aliphatic heterocycles. The lowest BCUT2D eigenvalue weighted by atomic mass is 9.94. The van der Waals surface area contributed by atoms with Gasteiger partial charge in [-0.1, -0.05) is 0 Å². The highest BCUT2D eigenvalue weighted by molar-refractivity contribution is 5.80. The smallest absolute Gasteiger partial charge is 0.193 e. The van der Waals surface area contributed by atoms with Crippen LogP contribution in [0.2, 0.25) is 0 Å². The van der Waals surface area contributed by atoms with Crippen LogP contribution in [0, 0.1) is 0 Å². The molecule has 3 saturated heterocycles. The number of guanidine groups is 1. The number of methoxy groups -OCH3 is 1. The average molecular weight is 324 g/mol. The van der Waals surface area contributed by atoms with Crippen LogP contribution in [0.4, 0.5) is 0 Å². The summed E-state index contributed by atoms with van der Waals surface area (Å²) in [6.07, 6.45) is 5.88. The molecule has 132 valence electrons. The Balaban J connectivity index is 1.52. The number of aliphatic imine (C=N–C) groups is 1. The quantitative estimate of drug-likeness (QED) is 0.616. The van der Waals surface area contributed by atoms with E-state index in [1.165, 1.54) is 32.4 Å². The highest BCUT2D eigenvalue weighted by Gasteiger charge is 2.34. The van der Waals surface area contributed by atoms with Gasteiger partial charge in [0.2, 0.25) is 0 Å². The fraction of sp³-hybridized carbons (Fsp3) is 0.941. The first-order valence-electron chi connectivity index (χ1n) is 9.09. The molecule has 0 radical (unpaired) electrons. The molecule has 0 saturated carbocycles. The number of nitrogens with one attached hydrogen (secondary N) is 1. The van der Waals surface area contributed by atoms with Crippen molar-refractivity contribution in [1.29, 1.82) is 0 Å². The Bertz CT molecular complexity index is 403. The van der Waals surface area contributed by atoms with Crippen LogP contribution in [0.15, 0.2) is 4.99 Å². The molecular weight excluding hydrogens is 292 g/mol. The Morgan fingerprint density at radius 1 is 1.26 bits per heavy atom. The van der Waals surface area contributed by atoms with Crippen LogP contribution in [0.25, 0.3) is 0 Å². The van der Waals surface area contributed by atoms with E-state index < -0.39 is 0 Å². The topological polar surface area (TPSA) is 49.3 Å². The largest absolute Gasteiger partial charge is 0.381 e. The van der Waals surface area contributed by atoms with Gasteiger partial charge in [0.05, 0.1) is 5.60 Å². The minimum atomic E-state index is -0.109. The van der Waals surface area contributed by atoms with Gasteiger partial charge in [0.1, 0.15) is 0 Å². The predicted octanol–water partition coefficient (Wildman–Crippen LogP) is 0.928. The van der Waals surface area contributed by atoms with Crippen molar-refractivity contribution in [2.45, 2.75) is 43.7 Å². The first kappa shape index (κ1) is 17.0. The number of hydrogen-bond acceptors (Lipinski definition) is 4. The molecule has 6 heteroatoms. The molecule has 0 aromatic heterocycles. The molecule has 3 aliphatic rings. The van der Waals surface area contributed by atoms with Gasteiger partial charge >= 0.3 is 0 Å². The Labute approximate surface area is 140 Å². The van der Waals surface area contributed by atoms with Crippen molar-refractivity contribution in [2.24, 2.45) is 4.99 Å². The van der Waals surface area contributed by atoms with Crippen molar-refractivity contribution in [3.8, 4) is 0 Å². The van der Waals surface area contributed by atoms with E-state index >= 15 is 0 Å². The summed E-state index contributed by atoms with van der Waals surface area (Å²) >= 11 is 0. The van der Waals surface area contributed by atoms with Gasteiger partial charge in [-0.05, 0) is 32.4 Å². The molecule has 0 aromatic carbocycles. The standard InChI is InChI=1S/C17H32N4O2/c1-18-16(19-14-17(22-2)6-11-23-12-7-17)21-10-5-15(13-21)20-8-3-4-9-20/h15H,3-14H2,1-2H3,(H,18,19). The average Bonchev–Trinajstić information content (AvgIpc) is 3.28. The second-order valence-corrected chi connectivity index (χ2v) is 7.03. The van der Waals surface area contributed by atoms with Crippen molar-refractivity contribution in [3.63, 3.8) is 0 Å². The number of likely N-dealkylation sites (tertiary alicyclic amines) is 2. The summed E-state index contributed by atoms with van der Waals surface area (Å²) in [5.74, 6) is 1.02. The van der Waals surface area contributed by atoms with E-state index in [9.17, 15) is 0 Å². The summed E-state index contributed by atoms with van der Waals surface area (Å²) in [4.78, 5) is 9.57. The van der Waals surface area contributed by atoms with Gasteiger partial charge < -0.3 is 19.7 Å². The van der Waals surface area contributed by atoms with Gasteiger partial charge in [-0.2, -0.15) is 0 Å². The Morgan fingerprint density at radius 3 is 2.65 bits per heavy atom. The van der Waals surface area contributed by atoms with Crippen LogP contribution in [0.1, 0.15) is 32.1 Å². The fourth-order valence-corrected chi connectivity index (χ4v) is 4.11. The second kappa shape index (κ2) is 7.81. The highest BCUT2D eigenvalue weighted by Crippen LogP contribution is 2.24. The molecular formula is C17H32N4O2. The maximum absolute atomic E-state index is 5.81. The van der Waals surface area contributed by atoms with E-state index in [4.69, 9.17) is 9.47 Å². The third-order valence-corrected chi connectivity index (χ3v) is 5.74. The van der Waals surface area contributed by atoms with Crippen LogP contribution < -0.4 is 5.32 Å². The Morgan fingerprint density at radius 2 is 2.00 bits per heavy atom. The molecule has 6 nitrogen and oxygen atoms in total. The molecule has 0 amide bonds. The van der Waals surface area contributed by atoms with Crippen molar-refractivity contribution in [1.82, 2.24) is 15.1 Å². The summed E-state index contributed by atoms with van der Waals surface area (Å²) in [5, 5.41) is 3.56. The monoisotopic (exact) mass is 324 g/mol. The van der Waals surface area contributed by atoms with Crippen LogP contribution >= 0.6 is 0 Å². The zero-order valence-corrected chi connectivity index (χ0v) is 14.7. The molecule has 0 bridgehead atoms. The lowest BCUT2D eigenvalue weighted by Crippen LogP contribution is -2.51. The summed E-state index contributed by atoms with van der Waals surface area (Å²) in [6, 6.07) is 0.704. The van der Waals surface area contributed by atoms with Gasteiger partial charge in [0.15, 0.2) is 5.96 Å². The summed E-state index contributed by atoms with van der Waals surface area (Å²) < 4.78 is 11.3. The third-order valence-electron chi connectivity index (χ3n) is 5.74. The first-order chi connectivity index (χ1) is 11.3. The molecule has 0 aromatic rings. The fourth-order valence-electron chi connectivity index (χ4n) is 4.11. The van der Waals surface area contributed by atoms with Crippen molar-refractivity contribution < 1.29 is 9.47 Å². The van der Waals surface area contributed by atoms with Gasteiger partial charge in [-0.25, -0.2) is 0 Å². The molecule has 0 spiro atoms. The van der Waals surface area contributed by atoms with Crippen LogP contribution in [0.3, 0.4) is 0 Å². The molecule has 3 fully saturated rings. The van der Waals surface area contributed by atoms with Gasteiger partial charge in [0.25, 0.3) is 0 Å². The zero-order chi connectivity index (χ0) is 16.1. The highest BCUT2D eigenvalue weighted by atomic mass is 16.5. The lowest BCUT2D eigenvalue weighted by Gasteiger charge is -2.37. The summed E-state index contributed by atoms with van der Waals surface area (Å²) in [7, 11) is 3.70. The van der Waals surface area contributed by atoms with Crippen molar-refractivity contribution in [2.75, 3.05) is 60.1 Å². The maximum atomic E-state index is 5.81. The van der Waals surface area contributed by atoms with E-state index in [1.807, 2.05) is 14.2 Å². The number of ether oxygens (including phenoxy) is 2. The second-order valence-electron chi connectivity index (χ2n) is 7.03. The summed E-state index contributed by atoms with van der Waals surface area (Å²) in [6.45, 7) is 7.13. The van der Waals surface area contributed by atoms with E-state index in [0.717, 1.165) is 51.6 Å². The molecule has 23 heavy (non-hydrogen) atoms. The van der Waals surface area contributed by atoms with Gasteiger partial charge in [-0.15, -0.1) is 0 Å². The van der Waals surface area contributed by atoms with Crippen molar-refractivity contribution >= 4 is 5.96 Å². The minimum Gasteiger partial charge on any atom is -0.381 e. The summed E-state index contributed by atoms with van der Waals surface area (Å²) in [5.41, 5.74) is -0.109. The number of rotatable bonds is 4. The Hall–Kier alpha value is -0.850. The van der Waals surface area contributed by atoms with E-state index in [0.29, 0.717) is 6.04 Å². The van der Waals surface area contributed by atoms with Crippen molar-refractivity contribution in [3.05, 3.63) is 0 Å². The SMILES string of the molecule is CN=C(NCC1(OC)CCOCC1)N1CCC(N2CCCC2)C1. The normalized spacial score (nSPS) is 29.2. The van der Waals surface area contributed by atoms with E-state index in [1.54, 1.807) is 0 Å². The van der Waals surface area contributed by atoms with E-state index in [-0.39, 0.29) is 5.60 Å². The van der Waals surface area contributed by atoms with Crippen LogP contribution in [-0.4, -0.2) is 87.5 Å². The molecule has 0 aliphatic carbocycles. The molecule has 3 rings (SSSR count). The molecule has 1 unspecified atom stereocenters. The number of nitrogens with zero attached hydrogens (tertiary/aromatic N) is 3. The van der Waals surface area contributed by atoms with Gasteiger partial charge in [0, 0.05) is 65.9 Å². The lowest BCUT2D eigenvalue weighted by molar-refractivity contribution is -0.0857. The first-order valence-corrected chi connectivity index (χ1v) is 9.09. The number of hydrogen-bond donors (Lipinski definition) is 1. The third kappa shape index (κ3) is 3.98. The predicted molar refractivity (Wildman–Crippen MR) is 91.9 cm³/mol. The molecule has 1 atom stereocenters. The minimum absolute atomic E-state index is 0.109. The molecule has 1 N–H and O–H groups in total. The van der Waals surface area contributed by atoms with Crippen LogP contribution in [0.5, 0.6) is 0 Å². The maximum Gasteiger partial charge on any atom is 0.193 e. The molecule has 3 heterocycles.